The highest BCUT2D eigenvalue weighted by atomic mass is 16.3. The van der Waals surface area contributed by atoms with Crippen LogP contribution in [0.4, 0.5) is 0 Å². The van der Waals surface area contributed by atoms with Gasteiger partial charge in [0.1, 0.15) is 11.2 Å². The minimum Gasteiger partial charge on any atom is -0.455 e. The molecule has 0 saturated heterocycles. The van der Waals surface area contributed by atoms with Crippen LogP contribution in [0.25, 0.3) is 105 Å². The number of furan rings is 1. The van der Waals surface area contributed by atoms with Crippen LogP contribution >= 0.6 is 0 Å². The Hall–Kier alpha value is -7.04. The van der Waals surface area contributed by atoms with Gasteiger partial charge in [0.05, 0.1) is 22.2 Å². The number of benzene rings is 8. The summed E-state index contributed by atoms with van der Waals surface area (Å²) in [7, 11) is 0. The number of fused-ring (bicyclic) bond motifs is 9. The van der Waals surface area contributed by atoms with Crippen LogP contribution in [0.3, 0.4) is 0 Å². The van der Waals surface area contributed by atoms with Crippen molar-refractivity contribution in [2.45, 2.75) is 0 Å². The predicted octanol–water partition coefficient (Wildman–Crippen LogP) is 12.8. The molecule has 0 aliphatic heterocycles. The van der Waals surface area contributed by atoms with E-state index in [1.54, 1.807) is 0 Å². The number of nitrogens with zero attached hydrogens (tertiary/aromatic N) is 3. The summed E-state index contributed by atoms with van der Waals surface area (Å²) in [5, 5.41) is 8.08. The molecule has 11 rings (SSSR count). The summed E-state index contributed by atoms with van der Waals surface area (Å²) in [5.74, 6) is 0.661. The van der Waals surface area contributed by atoms with Gasteiger partial charge in [0.2, 0.25) is 5.95 Å². The molecule has 11 aromatic rings. The zero-order valence-electron chi connectivity index (χ0n) is 28.0. The Morgan fingerprint density at radius 2 is 1.12 bits per heavy atom. The first-order chi connectivity index (χ1) is 25.8. The van der Waals surface area contributed by atoms with Crippen molar-refractivity contribution in [1.82, 2.24) is 14.5 Å². The van der Waals surface area contributed by atoms with E-state index in [2.05, 4.69) is 156 Å². The van der Waals surface area contributed by atoms with Crippen molar-refractivity contribution >= 4 is 65.4 Å². The molecule has 0 N–H and O–H groups in total. The first-order valence-corrected chi connectivity index (χ1v) is 17.6. The van der Waals surface area contributed by atoms with Gasteiger partial charge in [0, 0.05) is 38.1 Å². The normalized spacial score (nSPS) is 11.8. The van der Waals surface area contributed by atoms with Gasteiger partial charge in [-0.05, 0) is 57.8 Å². The lowest BCUT2D eigenvalue weighted by atomic mass is 9.96. The fourth-order valence-corrected chi connectivity index (χ4v) is 7.98. The SMILES string of the molecule is c1ccc(-c2nc(-n3c4ccccc4c4c5cc(-c6ccc(-c7cccc8c7oc7ccccc78)cc6)ccc5ccc43)nc3ccccc23)cc1. The average molecular weight is 664 g/mol. The fourth-order valence-electron chi connectivity index (χ4n) is 7.98. The van der Waals surface area contributed by atoms with Gasteiger partial charge in [0.15, 0.2) is 0 Å². The zero-order chi connectivity index (χ0) is 34.2. The molecular weight excluding hydrogens is 635 g/mol. The number of hydrogen-bond acceptors (Lipinski definition) is 3. The lowest BCUT2D eigenvalue weighted by Crippen LogP contribution is -2.03. The molecule has 0 bridgehead atoms. The van der Waals surface area contributed by atoms with Gasteiger partial charge in [-0.3, -0.25) is 4.57 Å². The van der Waals surface area contributed by atoms with E-state index in [9.17, 15) is 0 Å². The summed E-state index contributed by atoms with van der Waals surface area (Å²) in [6, 6.07) is 62.0. The number of aromatic nitrogens is 3. The number of rotatable bonds is 4. The Balaban J connectivity index is 1.08. The number of para-hydroxylation sites is 4. The average Bonchev–Trinajstić information content (AvgIpc) is 3.77. The van der Waals surface area contributed by atoms with E-state index in [1.807, 2.05) is 24.3 Å². The summed E-state index contributed by atoms with van der Waals surface area (Å²) in [4.78, 5) is 10.4. The van der Waals surface area contributed by atoms with E-state index >= 15 is 0 Å². The standard InChI is InChI=1S/C48H29N3O/c1-2-11-33(12-3-1)46-38-14-4-7-18-41(38)49-48(50-46)51-42-19-8-5-15-39(42)45-40-29-34(26-25-32(40)27-28-43(45)51)30-21-23-31(24-22-30)35-16-10-17-37-36-13-6-9-20-44(36)52-47(35)37/h1-29H. The molecule has 4 heteroatoms. The van der Waals surface area contributed by atoms with Crippen LogP contribution in [0.1, 0.15) is 0 Å². The quantitative estimate of drug-likeness (QED) is 0.188. The molecule has 242 valence electrons. The van der Waals surface area contributed by atoms with Crippen molar-refractivity contribution in [2.75, 3.05) is 0 Å². The van der Waals surface area contributed by atoms with Gasteiger partial charge in [-0.15, -0.1) is 0 Å². The van der Waals surface area contributed by atoms with E-state index in [1.165, 1.54) is 27.1 Å². The van der Waals surface area contributed by atoms with Crippen LogP contribution in [-0.4, -0.2) is 14.5 Å². The first-order valence-electron chi connectivity index (χ1n) is 17.6. The van der Waals surface area contributed by atoms with Crippen LogP contribution in [-0.2, 0) is 0 Å². The molecule has 3 heterocycles. The molecule has 0 unspecified atom stereocenters. The second kappa shape index (κ2) is 11.2. The van der Waals surface area contributed by atoms with Crippen molar-refractivity contribution in [1.29, 1.82) is 0 Å². The van der Waals surface area contributed by atoms with Crippen molar-refractivity contribution in [3.8, 4) is 39.5 Å². The van der Waals surface area contributed by atoms with Crippen LogP contribution < -0.4 is 0 Å². The number of hydrogen-bond donors (Lipinski definition) is 0. The Labute approximate surface area is 298 Å². The second-order valence-electron chi connectivity index (χ2n) is 13.4. The van der Waals surface area contributed by atoms with Crippen molar-refractivity contribution in [3.05, 3.63) is 176 Å². The van der Waals surface area contributed by atoms with Crippen LogP contribution in [0, 0.1) is 0 Å². The Bertz CT molecular complexity index is 3170. The van der Waals surface area contributed by atoms with Gasteiger partial charge in [-0.1, -0.05) is 146 Å². The molecule has 8 aromatic carbocycles. The zero-order valence-corrected chi connectivity index (χ0v) is 28.0. The molecule has 52 heavy (non-hydrogen) atoms. The van der Waals surface area contributed by atoms with Crippen molar-refractivity contribution in [2.24, 2.45) is 0 Å². The summed E-state index contributed by atoms with van der Waals surface area (Å²) in [6.45, 7) is 0. The molecule has 0 spiro atoms. The maximum absolute atomic E-state index is 6.35. The maximum Gasteiger partial charge on any atom is 0.235 e. The van der Waals surface area contributed by atoms with E-state index < -0.39 is 0 Å². The molecule has 3 aromatic heterocycles. The van der Waals surface area contributed by atoms with Crippen LogP contribution in [0.5, 0.6) is 0 Å². The highest BCUT2D eigenvalue weighted by Gasteiger charge is 2.19. The minimum atomic E-state index is 0.661. The summed E-state index contributed by atoms with van der Waals surface area (Å²) >= 11 is 0. The van der Waals surface area contributed by atoms with Crippen LogP contribution in [0.2, 0.25) is 0 Å². The topological polar surface area (TPSA) is 43.9 Å². The van der Waals surface area contributed by atoms with E-state index in [4.69, 9.17) is 14.4 Å². The van der Waals surface area contributed by atoms with Gasteiger partial charge in [0.25, 0.3) is 0 Å². The fraction of sp³-hybridized carbons (Fsp3) is 0. The van der Waals surface area contributed by atoms with E-state index in [0.717, 1.165) is 71.8 Å². The third kappa shape index (κ3) is 4.34. The molecule has 0 fully saturated rings. The van der Waals surface area contributed by atoms with Crippen LogP contribution in [0.15, 0.2) is 180 Å². The molecule has 4 nitrogen and oxygen atoms in total. The summed E-state index contributed by atoms with van der Waals surface area (Å²) < 4.78 is 8.58. The van der Waals surface area contributed by atoms with Gasteiger partial charge in [-0.25, -0.2) is 9.97 Å². The lowest BCUT2D eigenvalue weighted by Gasteiger charge is -2.12. The maximum atomic E-state index is 6.35. The minimum absolute atomic E-state index is 0.661. The van der Waals surface area contributed by atoms with Crippen molar-refractivity contribution < 1.29 is 4.42 Å². The third-order valence-electron chi connectivity index (χ3n) is 10.4. The largest absolute Gasteiger partial charge is 0.455 e. The van der Waals surface area contributed by atoms with Gasteiger partial charge >= 0.3 is 0 Å². The predicted molar refractivity (Wildman–Crippen MR) is 215 cm³/mol. The Morgan fingerprint density at radius 1 is 0.423 bits per heavy atom. The monoisotopic (exact) mass is 663 g/mol. The summed E-state index contributed by atoms with van der Waals surface area (Å²) in [5.41, 5.74) is 11.5. The molecule has 0 amide bonds. The second-order valence-corrected chi connectivity index (χ2v) is 13.4. The first kappa shape index (κ1) is 28.8. The molecular formula is C48H29N3O. The molecule has 0 radical (unpaired) electrons. The smallest absolute Gasteiger partial charge is 0.235 e. The Morgan fingerprint density at radius 3 is 2.00 bits per heavy atom. The van der Waals surface area contributed by atoms with E-state index in [0.29, 0.717) is 5.95 Å². The van der Waals surface area contributed by atoms with E-state index in [-0.39, 0.29) is 0 Å². The molecule has 0 aliphatic carbocycles. The van der Waals surface area contributed by atoms with Gasteiger partial charge in [-0.2, -0.15) is 0 Å². The van der Waals surface area contributed by atoms with Crippen molar-refractivity contribution in [3.63, 3.8) is 0 Å². The lowest BCUT2D eigenvalue weighted by molar-refractivity contribution is 0.670. The summed E-state index contributed by atoms with van der Waals surface area (Å²) in [6.07, 6.45) is 0. The highest BCUT2D eigenvalue weighted by Crippen LogP contribution is 2.40. The third-order valence-corrected chi connectivity index (χ3v) is 10.4. The molecule has 0 atom stereocenters. The highest BCUT2D eigenvalue weighted by molar-refractivity contribution is 6.22. The molecule has 0 aliphatic rings. The van der Waals surface area contributed by atoms with Gasteiger partial charge < -0.3 is 4.42 Å². The molecule has 0 saturated carbocycles. The Kier molecular flexibility index (Phi) is 6.22.